The molecular formula is C17H13ClN4O3. The van der Waals surface area contributed by atoms with Crippen LogP contribution in [0.15, 0.2) is 55.1 Å². The van der Waals surface area contributed by atoms with Crippen molar-refractivity contribution in [2.45, 2.75) is 6.92 Å². The fraction of sp³-hybridized carbons (Fsp3) is 0.0588. The van der Waals surface area contributed by atoms with Crippen molar-refractivity contribution in [3.05, 3.63) is 81.4 Å². The zero-order valence-corrected chi connectivity index (χ0v) is 13.9. The minimum Gasteiger partial charge on any atom is -0.322 e. The Morgan fingerprint density at radius 3 is 2.80 bits per heavy atom. The number of aromatic nitrogens is 2. The fourth-order valence-corrected chi connectivity index (χ4v) is 2.54. The quantitative estimate of drug-likeness (QED) is 0.565. The molecule has 25 heavy (non-hydrogen) atoms. The number of amides is 1. The Labute approximate surface area is 148 Å². The lowest BCUT2D eigenvalue weighted by Gasteiger charge is -2.10. The number of nitrogens with zero attached hydrogens (tertiary/aromatic N) is 3. The van der Waals surface area contributed by atoms with E-state index in [0.29, 0.717) is 16.4 Å². The number of hydrogen-bond acceptors (Lipinski definition) is 4. The van der Waals surface area contributed by atoms with Gasteiger partial charge in [0.05, 0.1) is 11.3 Å². The monoisotopic (exact) mass is 356 g/mol. The van der Waals surface area contributed by atoms with E-state index in [1.165, 1.54) is 35.3 Å². The van der Waals surface area contributed by atoms with E-state index in [2.05, 4.69) is 10.3 Å². The summed E-state index contributed by atoms with van der Waals surface area (Å²) >= 11 is 6.04. The van der Waals surface area contributed by atoms with E-state index in [1.54, 1.807) is 31.3 Å². The van der Waals surface area contributed by atoms with Crippen molar-refractivity contribution in [1.82, 2.24) is 9.55 Å². The van der Waals surface area contributed by atoms with Gasteiger partial charge in [0.25, 0.3) is 11.6 Å². The largest absolute Gasteiger partial charge is 0.322 e. The summed E-state index contributed by atoms with van der Waals surface area (Å²) in [6.07, 6.45) is 4.57. The van der Waals surface area contributed by atoms with Gasteiger partial charge in [0.15, 0.2) is 0 Å². The van der Waals surface area contributed by atoms with Gasteiger partial charge in [0, 0.05) is 34.7 Å². The lowest BCUT2D eigenvalue weighted by Crippen LogP contribution is -2.13. The van der Waals surface area contributed by atoms with Crippen LogP contribution in [0.4, 0.5) is 11.4 Å². The zero-order chi connectivity index (χ0) is 18.0. The number of nitrogens with one attached hydrogen (secondary N) is 1. The first kappa shape index (κ1) is 16.7. The van der Waals surface area contributed by atoms with E-state index in [9.17, 15) is 14.9 Å². The third-order valence-corrected chi connectivity index (χ3v) is 4.14. The number of anilines is 1. The van der Waals surface area contributed by atoms with Gasteiger partial charge >= 0.3 is 0 Å². The predicted octanol–water partition coefficient (Wildman–Crippen LogP) is 3.99. The molecule has 1 N–H and O–H groups in total. The van der Waals surface area contributed by atoms with Gasteiger partial charge in [-0.15, -0.1) is 0 Å². The van der Waals surface area contributed by atoms with Crippen LogP contribution in [0.5, 0.6) is 0 Å². The maximum Gasteiger partial charge on any atom is 0.294 e. The molecule has 8 heteroatoms. The van der Waals surface area contributed by atoms with E-state index < -0.39 is 10.8 Å². The zero-order valence-electron chi connectivity index (χ0n) is 13.1. The number of carbonyl (C=O) groups is 1. The number of imidazole rings is 1. The van der Waals surface area contributed by atoms with E-state index in [1.807, 2.05) is 0 Å². The second-order valence-electron chi connectivity index (χ2n) is 5.30. The van der Waals surface area contributed by atoms with Gasteiger partial charge in [-0.05, 0) is 36.8 Å². The van der Waals surface area contributed by atoms with Crippen molar-refractivity contribution in [1.29, 1.82) is 0 Å². The summed E-state index contributed by atoms with van der Waals surface area (Å²) in [5.74, 6) is -0.453. The summed E-state index contributed by atoms with van der Waals surface area (Å²) in [5.41, 5.74) is 1.60. The molecule has 1 aromatic heterocycles. The van der Waals surface area contributed by atoms with Crippen LogP contribution in [0.1, 0.15) is 15.9 Å². The van der Waals surface area contributed by atoms with Gasteiger partial charge < -0.3 is 9.88 Å². The Bertz CT molecular complexity index is 955. The molecule has 0 fully saturated rings. The van der Waals surface area contributed by atoms with Crippen molar-refractivity contribution >= 4 is 28.9 Å². The molecule has 0 atom stereocenters. The Kier molecular flexibility index (Phi) is 4.49. The standard InChI is InChI=1S/C17H13ClN4O3/c1-11-13(18)3-2-4-14(11)20-17(23)12-5-6-15(16(9-12)22(24)25)21-8-7-19-10-21/h2-10H,1H3,(H,20,23). The Morgan fingerprint density at radius 2 is 2.12 bits per heavy atom. The van der Waals surface area contributed by atoms with E-state index in [4.69, 9.17) is 11.6 Å². The van der Waals surface area contributed by atoms with Crippen LogP contribution in [-0.2, 0) is 0 Å². The van der Waals surface area contributed by atoms with Crippen molar-refractivity contribution in [3.63, 3.8) is 0 Å². The third-order valence-electron chi connectivity index (χ3n) is 3.73. The highest BCUT2D eigenvalue weighted by atomic mass is 35.5. The van der Waals surface area contributed by atoms with Gasteiger partial charge in [-0.2, -0.15) is 0 Å². The first-order valence-electron chi connectivity index (χ1n) is 7.30. The van der Waals surface area contributed by atoms with Crippen LogP contribution in [0.2, 0.25) is 5.02 Å². The Hall–Kier alpha value is -3.19. The SMILES string of the molecule is Cc1c(Cl)cccc1NC(=O)c1ccc(-n2ccnc2)c([N+](=O)[O-])c1. The summed E-state index contributed by atoms with van der Waals surface area (Å²) in [7, 11) is 0. The molecule has 7 nitrogen and oxygen atoms in total. The minimum absolute atomic E-state index is 0.176. The summed E-state index contributed by atoms with van der Waals surface area (Å²) in [6.45, 7) is 1.78. The molecule has 0 bridgehead atoms. The lowest BCUT2D eigenvalue weighted by molar-refractivity contribution is -0.384. The molecule has 126 valence electrons. The Balaban J connectivity index is 1.95. The van der Waals surface area contributed by atoms with Gasteiger partial charge in [-0.3, -0.25) is 14.9 Å². The van der Waals surface area contributed by atoms with E-state index >= 15 is 0 Å². The van der Waals surface area contributed by atoms with Crippen LogP contribution in [0.25, 0.3) is 5.69 Å². The number of hydrogen-bond donors (Lipinski definition) is 1. The molecule has 0 radical (unpaired) electrons. The number of nitro benzene ring substituents is 1. The van der Waals surface area contributed by atoms with E-state index in [0.717, 1.165) is 5.56 Å². The topological polar surface area (TPSA) is 90.1 Å². The molecule has 1 amide bonds. The summed E-state index contributed by atoms with van der Waals surface area (Å²) in [4.78, 5) is 27.2. The smallest absolute Gasteiger partial charge is 0.294 e. The van der Waals surface area contributed by atoms with Crippen LogP contribution >= 0.6 is 11.6 Å². The summed E-state index contributed by atoms with van der Waals surface area (Å²) < 4.78 is 1.51. The Morgan fingerprint density at radius 1 is 1.32 bits per heavy atom. The van der Waals surface area contributed by atoms with Crippen molar-refractivity contribution < 1.29 is 9.72 Å². The molecule has 3 rings (SSSR count). The first-order chi connectivity index (χ1) is 12.0. The number of nitro groups is 1. The molecule has 0 spiro atoms. The summed E-state index contributed by atoms with van der Waals surface area (Å²) in [6, 6.07) is 9.43. The second kappa shape index (κ2) is 6.74. The van der Waals surface area contributed by atoms with Crippen LogP contribution in [0, 0.1) is 17.0 Å². The molecule has 0 unspecified atom stereocenters. The third kappa shape index (κ3) is 3.36. The van der Waals surface area contributed by atoms with Crippen LogP contribution in [0.3, 0.4) is 0 Å². The number of halogens is 1. The van der Waals surface area contributed by atoms with Crippen LogP contribution < -0.4 is 5.32 Å². The van der Waals surface area contributed by atoms with E-state index in [-0.39, 0.29) is 11.3 Å². The molecule has 1 heterocycles. The highest BCUT2D eigenvalue weighted by Gasteiger charge is 2.19. The normalized spacial score (nSPS) is 10.5. The van der Waals surface area contributed by atoms with Crippen molar-refractivity contribution in [2.75, 3.05) is 5.32 Å². The highest BCUT2D eigenvalue weighted by Crippen LogP contribution is 2.26. The minimum atomic E-state index is -0.531. The van der Waals surface area contributed by atoms with Crippen molar-refractivity contribution in [2.24, 2.45) is 0 Å². The predicted molar refractivity (Wildman–Crippen MR) is 94.4 cm³/mol. The van der Waals surface area contributed by atoms with Gasteiger partial charge in [0.1, 0.15) is 5.69 Å². The average Bonchev–Trinajstić information content (AvgIpc) is 3.12. The lowest BCUT2D eigenvalue weighted by atomic mass is 10.1. The molecule has 3 aromatic rings. The molecule has 0 aliphatic carbocycles. The van der Waals surface area contributed by atoms with Crippen molar-refractivity contribution in [3.8, 4) is 5.69 Å². The van der Waals surface area contributed by atoms with Gasteiger partial charge in [0.2, 0.25) is 0 Å². The molecular weight excluding hydrogens is 344 g/mol. The van der Waals surface area contributed by atoms with Gasteiger partial charge in [-0.25, -0.2) is 4.98 Å². The number of benzene rings is 2. The fourth-order valence-electron chi connectivity index (χ4n) is 2.37. The van der Waals surface area contributed by atoms with Crippen LogP contribution in [-0.4, -0.2) is 20.4 Å². The number of rotatable bonds is 4. The van der Waals surface area contributed by atoms with Gasteiger partial charge in [-0.1, -0.05) is 17.7 Å². The molecule has 0 saturated carbocycles. The average molecular weight is 357 g/mol. The maximum atomic E-state index is 12.5. The molecule has 0 aliphatic rings. The molecule has 0 aliphatic heterocycles. The maximum absolute atomic E-state index is 12.5. The molecule has 2 aromatic carbocycles. The number of carbonyl (C=O) groups excluding carboxylic acids is 1. The highest BCUT2D eigenvalue weighted by molar-refractivity contribution is 6.31. The molecule has 0 saturated heterocycles. The summed E-state index contributed by atoms with van der Waals surface area (Å²) in [5, 5.41) is 14.6. The first-order valence-corrected chi connectivity index (χ1v) is 7.68. The second-order valence-corrected chi connectivity index (χ2v) is 5.70.